The molecule has 0 amide bonds. The quantitative estimate of drug-likeness (QED) is 0.617. The standard InChI is InChI=1S/C27H35N5/c1-20-7-9-23(10-8-20)26-12-11-25-18-29-32(27(25)30-26)19-21(2)31-15-4-6-22(13-16-31)24-5-3-14-28-17-24/h5,9,11-12,17-18,20,22H,2-4,6-8,10,13-16,19H2,1H3. The van der Waals surface area contributed by atoms with E-state index >= 15 is 0 Å². The zero-order valence-electron chi connectivity index (χ0n) is 19.3. The minimum absolute atomic E-state index is 0.637. The first-order valence-electron chi connectivity index (χ1n) is 12.3. The SMILES string of the molecule is C=C(Cn1ncc2ccc(C3=CCC(C)CC3)nc21)N1CCCC(C2=CCCN=C2)CC1. The van der Waals surface area contributed by atoms with Gasteiger partial charge in [-0.1, -0.05) is 25.7 Å². The molecule has 2 aromatic rings. The molecule has 0 aromatic carbocycles. The van der Waals surface area contributed by atoms with Crippen LogP contribution in [0.3, 0.4) is 0 Å². The van der Waals surface area contributed by atoms with E-state index in [1.165, 1.54) is 36.8 Å². The lowest BCUT2D eigenvalue weighted by atomic mass is 9.89. The summed E-state index contributed by atoms with van der Waals surface area (Å²) in [7, 11) is 0. The third-order valence-corrected chi connectivity index (χ3v) is 7.35. The summed E-state index contributed by atoms with van der Waals surface area (Å²) in [5, 5.41) is 5.76. The summed E-state index contributed by atoms with van der Waals surface area (Å²) in [5.41, 5.74) is 6.05. The van der Waals surface area contributed by atoms with Crippen molar-refractivity contribution < 1.29 is 0 Å². The van der Waals surface area contributed by atoms with E-state index in [1.54, 1.807) is 0 Å². The smallest absolute Gasteiger partial charge is 0.158 e. The van der Waals surface area contributed by atoms with Crippen LogP contribution in [-0.4, -0.2) is 45.5 Å². The number of hydrogen-bond donors (Lipinski definition) is 0. The van der Waals surface area contributed by atoms with E-state index in [2.05, 4.69) is 59.0 Å². The largest absolute Gasteiger partial charge is 0.374 e. The third-order valence-electron chi connectivity index (χ3n) is 7.35. The Morgan fingerprint density at radius 1 is 1.16 bits per heavy atom. The highest BCUT2D eigenvalue weighted by molar-refractivity contribution is 5.80. The second-order valence-electron chi connectivity index (χ2n) is 9.73. The molecule has 5 heteroatoms. The first kappa shape index (κ1) is 21.2. The Hall–Kier alpha value is -2.69. The zero-order chi connectivity index (χ0) is 21.9. The van der Waals surface area contributed by atoms with Crippen LogP contribution < -0.4 is 0 Å². The Balaban J connectivity index is 1.28. The highest BCUT2D eigenvalue weighted by Gasteiger charge is 2.21. The predicted molar refractivity (Wildman–Crippen MR) is 133 cm³/mol. The topological polar surface area (TPSA) is 46.3 Å². The van der Waals surface area contributed by atoms with E-state index in [9.17, 15) is 0 Å². The highest BCUT2D eigenvalue weighted by Crippen LogP contribution is 2.30. The van der Waals surface area contributed by atoms with Crippen molar-refractivity contribution in [2.24, 2.45) is 16.8 Å². The molecular weight excluding hydrogens is 394 g/mol. The average Bonchev–Trinajstić information content (AvgIpc) is 3.05. The second kappa shape index (κ2) is 9.43. The minimum atomic E-state index is 0.637. The fourth-order valence-corrected chi connectivity index (χ4v) is 5.26. The number of likely N-dealkylation sites (tertiary alicyclic amines) is 1. The summed E-state index contributed by atoms with van der Waals surface area (Å²) < 4.78 is 2.03. The van der Waals surface area contributed by atoms with E-state index in [1.807, 2.05) is 10.9 Å². The summed E-state index contributed by atoms with van der Waals surface area (Å²) in [6, 6.07) is 4.32. The van der Waals surface area contributed by atoms with Gasteiger partial charge in [-0.05, 0) is 80.1 Å². The molecule has 1 saturated heterocycles. The van der Waals surface area contributed by atoms with E-state index in [4.69, 9.17) is 4.98 Å². The van der Waals surface area contributed by atoms with Crippen molar-refractivity contribution in [3.63, 3.8) is 0 Å². The van der Waals surface area contributed by atoms with E-state index in [0.29, 0.717) is 12.5 Å². The third kappa shape index (κ3) is 4.57. The van der Waals surface area contributed by atoms with Gasteiger partial charge in [0.1, 0.15) is 0 Å². The number of allylic oxidation sites excluding steroid dienone is 4. The molecular formula is C27H35N5. The minimum Gasteiger partial charge on any atom is -0.374 e. The number of aromatic nitrogens is 3. The molecule has 0 saturated carbocycles. The Morgan fingerprint density at radius 2 is 2.09 bits per heavy atom. The molecule has 0 radical (unpaired) electrons. The van der Waals surface area contributed by atoms with Crippen LogP contribution in [0.2, 0.25) is 0 Å². The number of fused-ring (bicyclic) bond motifs is 1. The van der Waals surface area contributed by atoms with Crippen molar-refractivity contribution in [3.8, 4) is 0 Å². The monoisotopic (exact) mass is 429 g/mol. The molecule has 2 aliphatic heterocycles. The van der Waals surface area contributed by atoms with Gasteiger partial charge in [0, 0.05) is 36.9 Å². The predicted octanol–water partition coefficient (Wildman–Crippen LogP) is 5.65. The molecule has 0 spiro atoms. The van der Waals surface area contributed by atoms with E-state index in [-0.39, 0.29) is 0 Å². The molecule has 2 aromatic heterocycles. The number of pyridine rings is 1. The number of aliphatic imine (C=N–C) groups is 1. The average molecular weight is 430 g/mol. The van der Waals surface area contributed by atoms with Crippen molar-refractivity contribution in [1.29, 1.82) is 0 Å². The lowest BCUT2D eigenvalue weighted by molar-refractivity contribution is 0.334. The lowest BCUT2D eigenvalue weighted by Crippen LogP contribution is -2.26. The van der Waals surface area contributed by atoms with Gasteiger partial charge in [0.05, 0.1) is 18.4 Å². The van der Waals surface area contributed by atoms with Crippen LogP contribution in [0.1, 0.15) is 57.6 Å². The molecule has 32 heavy (non-hydrogen) atoms. The highest BCUT2D eigenvalue weighted by atomic mass is 15.3. The van der Waals surface area contributed by atoms with Gasteiger partial charge < -0.3 is 4.90 Å². The van der Waals surface area contributed by atoms with Gasteiger partial charge in [-0.25, -0.2) is 9.67 Å². The molecule has 2 atom stereocenters. The van der Waals surface area contributed by atoms with Crippen LogP contribution in [-0.2, 0) is 6.54 Å². The Labute approximate surface area is 191 Å². The van der Waals surface area contributed by atoms with Crippen molar-refractivity contribution in [2.45, 2.75) is 58.4 Å². The van der Waals surface area contributed by atoms with Crippen molar-refractivity contribution >= 4 is 22.8 Å². The Kier molecular flexibility index (Phi) is 6.24. The molecule has 5 nitrogen and oxygen atoms in total. The van der Waals surface area contributed by atoms with Gasteiger partial charge in [-0.2, -0.15) is 5.10 Å². The maximum absolute atomic E-state index is 5.02. The van der Waals surface area contributed by atoms with Gasteiger partial charge in [0.25, 0.3) is 0 Å². The van der Waals surface area contributed by atoms with Crippen LogP contribution in [0.25, 0.3) is 16.6 Å². The summed E-state index contributed by atoms with van der Waals surface area (Å²) in [6.07, 6.45) is 17.0. The summed E-state index contributed by atoms with van der Waals surface area (Å²) in [4.78, 5) is 12.0. The molecule has 2 unspecified atom stereocenters. The van der Waals surface area contributed by atoms with E-state index in [0.717, 1.165) is 67.2 Å². The zero-order valence-corrected chi connectivity index (χ0v) is 19.3. The number of rotatable bonds is 5. The molecule has 168 valence electrons. The van der Waals surface area contributed by atoms with Crippen LogP contribution in [0.15, 0.2) is 53.3 Å². The number of hydrogen-bond acceptors (Lipinski definition) is 4. The van der Waals surface area contributed by atoms with Crippen molar-refractivity contribution in [2.75, 3.05) is 19.6 Å². The van der Waals surface area contributed by atoms with Gasteiger partial charge in [0.2, 0.25) is 0 Å². The maximum atomic E-state index is 5.02. The van der Waals surface area contributed by atoms with Gasteiger partial charge in [0.15, 0.2) is 5.65 Å². The summed E-state index contributed by atoms with van der Waals surface area (Å²) in [5.74, 6) is 1.42. The van der Waals surface area contributed by atoms with Gasteiger partial charge in [-0.3, -0.25) is 4.99 Å². The second-order valence-corrected chi connectivity index (χ2v) is 9.73. The first-order chi connectivity index (χ1) is 15.7. The lowest BCUT2D eigenvalue weighted by Gasteiger charge is -2.25. The molecule has 5 rings (SSSR count). The normalized spacial score (nSPS) is 24.2. The fourth-order valence-electron chi connectivity index (χ4n) is 5.26. The van der Waals surface area contributed by atoms with Crippen LogP contribution in [0.5, 0.6) is 0 Å². The van der Waals surface area contributed by atoms with Gasteiger partial charge >= 0.3 is 0 Å². The van der Waals surface area contributed by atoms with Crippen molar-refractivity contribution in [1.82, 2.24) is 19.7 Å². The molecule has 1 aliphatic carbocycles. The maximum Gasteiger partial charge on any atom is 0.158 e. The fraction of sp³-hybridized carbons (Fsp3) is 0.519. The Morgan fingerprint density at radius 3 is 2.91 bits per heavy atom. The summed E-state index contributed by atoms with van der Waals surface area (Å²) in [6.45, 7) is 10.5. The van der Waals surface area contributed by atoms with Crippen molar-refractivity contribution in [3.05, 3.63) is 54.0 Å². The van der Waals surface area contributed by atoms with Crippen LogP contribution in [0.4, 0.5) is 0 Å². The molecule has 3 aliphatic rings. The van der Waals surface area contributed by atoms with Crippen LogP contribution >= 0.6 is 0 Å². The van der Waals surface area contributed by atoms with Gasteiger partial charge in [-0.15, -0.1) is 0 Å². The molecule has 1 fully saturated rings. The Bertz CT molecular complexity index is 1070. The summed E-state index contributed by atoms with van der Waals surface area (Å²) >= 11 is 0. The number of dihydropyridines is 1. The first-order valence-corrected chi connectivity index (χ1v) is 12.3. The molecule has 0 bridgehead atoms. The molecule has 4 heterocycles. The molecule has 0 N–H and O–H groups in total. The van der Waals surface area contributed by atoms with Crippen LogP contribution in [0, 0.1) is 11.8 Å². The van der Waals surface area contributed by atoms with E-state index < -0.39 is 0 Å². The number of nitrogens with zero attached hydrogens (tertiary/aromatic N) is 5.